The Morgan fingerprint density at radius 3 is 2.04 bits per heavy atom. The Hall–Kier alpha value is -0.877. The third-order valence-electron chi connectivity index (χ3n) is 4.32. The van der Waals surface area contributed by atoms with Crippen LogP contribution in [-0.2, 0) is 43.5 Å². The van der Waals surface area contributed by atoms with Crippen LogP contribution >= 0.6 is 0 Å². The molecule has 0 fully saturated rings. The van der Waals surface area contributed by atoms with Crippen molar-refractivity contribution in [2.24, 2.45) is 0 Å². The van der Waals surface area contributed by atoms with Crippen LogP contribution < -0.4 is 24.8 Å². The van der Waals surface area contributed by atoms with Gasteiger partial charge in [-0.2, -0.15) is 47.0 Å². The molecular weight excluding hydrogens is 450 g/mol. The first kappa shape index (κ1) is 26.1. The maximum absolute atomic E-state index is 3.30. The predicted octanol–water partition coefficient (Wildman–Crippen LogP) is -0.0484. The quantitative estimate of drug-likeness (QED) is 0.356. The molecule has 0 saturated heterocycles. The third kappa shape index (κ3) is 7.57. The van der Waals surface area contributed by atoms with Crippen molar-refractivity contribution >= 4 is 3.71 Å². The van der Waals surface area contributed by atoms with Crippen LogP contribution in [0.4, 0.5) is 0 Å². The summed E-state index contributed by atoms with van der Waals surface area (Å²) in [6, 6.07) is 24.8. The summed E-state index contributed by atoms with van der Waals surface area (Å²) in [6.07, 6.45) is 3.38. The Morgan fingerprint density at radius 1 is 0.926 bits per heavy atom. The predicted molar refractivity (Wildman–Crippen MR) is 106 cm³/mol. The van der Waals surface area contributed by atoms with E-state index in [4.69, 9.17) is 0 Å². The Balaban J connectivity index is 0.000000430. The Morgan fingerprint density at radius 2 is 1.48 bits per heavy atom. The van der Waals surface area contributed by atoms with Crippen molar-refractivity contribution in [2.45, 2.75) is 40.0 Å². The van der Waals surface area contributed by atoms with Gasteiger partial charge < -0.3 is 24.8 Å². The zero-order chi connectivity index (χ0) is 18.1. The second kappa shape index (κ2) is 14.2. The molecule has 0 unspecified atom stereocenters. The molecule has 3 aromatic rings. The minimum atomic E-state index is 0. The van der Waals surface area contributed by atoms with Gasteiger partial charge in [-0.25, -0.2) is 12.1 Å². The second-order valence-corrected chi connectivity index (χ2v) is 7.44. The van der Waals surface area contributed by atoms with Gasteiger partial charge in [0.25, 0.3) is 0 Å². The minimum Gasteiger partial charge on any atom is -1.00 e. The third-order valence-corrected chi connectivity index (χ3v) is 4.32. The van der Waals surface area contributed by atoms with Crippen molar-refractivity contribution in [3.05, 3.63) is 89.0 Å². The molecular formula is C24H26Cl2Zr-2. The maximum Gasteiger partial charge on any atom is -0.0253 e. The molecule has 3 heteroatoms. The van der Waals surface area contributed by atoms with Crippen LogP contribution in [0.2, 0.25) is 0 Å². The maximum atomic E-state index is 3.30. The van der Waals surface area contributed by atoms with Gasteiger partial charge in [0.05, 0.1) is 0 Å². The van der Waals surface area contributed by atoms with Gasteiger partial charge in [-0.15, -0.1) is 5.56 Å². The molecule has 0 N–H and O–H groups in total. The first-order valence-electron chi connectivity index (χ1n) is 9.00. The molecule has 0 aromatic heterocycles. The van der Waals surface area contributed by atoms with E-state index in [2.05, 4.69) is 78.2 Å². The van der Waals surface area contributed by atoms with E-state index < -0.39 is 0 Å². The molecule has 0 heterocycles. The fourth-order valence-electron chi connectivity index (χ4n) is 2.99. The molecule has 0 nitrogen and oxygen atoms in total. The number of benzene rings is 2. The van der Waals surface area contributed by atoms with E-state index in [1.165, 1.54) is 70.5 Å². The van der Waals surface area contributed by atoms with Gasteiger partial charge in [-0.3, -0.25) is 0 Å². The molecule has 1 aliphatic rings. The van der Waals surface area contributed by atoms with Crippen LogP contribution in [0.5, 0.6) is 0 Å². The Kier molecular flexibility index (Phi) is 13.7. The summed E-state index contributed by atoms with van der Waals surface area (Å²) < 4.78 is 2.09. The van der Waals surface area contributed by atoms with Crippen LogP contribution in [0.1, 0.15) is 43.0 Å². The molecule has 27 heavy (non-hydrogen) atoms. The average molecular weight is 477 g/mol. The second-order valence-electron chi connectivity index (χ2n) is 6.02. The van der Waals surface area contributed by atoms with Gasteiger partial charge in [-0.1, -0.05) is 62.1 Å². The molecule has 0 radical (unpaired) electrons. The smallest absolute Gasteiger partial charge is 0.0253 e. The van der Waals surface area contributed by atoms with Crippen molar-refractivity contribution in [1.29, 1.82) is 0 Å². The number of rotatable bonds is 2. The SMILES string of the molecule is CCc1ccc(CC)[cH-]1.C[CH]=[Zr+2].[Cl-].[Cl-].[c-]1cccc2c1Cc1ccccc1-2. The van der Waals surface area contributed by atoms with E-state index in [1.807, 2.05) is 13.0 Å². The van der Waals surface area contributed by atoms with Crippen molar-refractivity contribution in [3.63, 3.8) is 0 Å². The van der Waals surface area contributed by atoms with Crippen LogP contribution in [-0.4, -0.2) is 3.71 Å². The van der Waals surface area contributed by atoms with Crippen LogP contribution in [0.3, 0.4) is 0 Å². The number of halogens is 2. The minimum absolute atomic E-state index is 0. The first-order valence-corrected chi connectivity index (χ1v) is 10.4. The summed E-state index contributed by atoms with van der Waals surface area (Å²) in [7, 11) is 0. The van der Waals surface area contributed by atoms with Gasteiger partial charge in [0, 0.05) is 0 Å². The molecule has 0 saturated carbocycles. The summed E-state index contributed by atoms with van der Waals surface area (Å²) in [5, 5.41) is 0. The van der Waals surface area contributed by atoms with Gasteiger partial charge >= 0.3 is 34.9 Å². The normalized spacial score (nSPS) is 9.81. The summed E-state index contributed by atoms with van der Waals surface area (Å²) >= 11 is 1.51. The van der Waals surface area contributed by atoms with E-state index in [1.54, 1.807) is 0 Å². The number of hydrogen-bond acceptors (Lipinski definition) is 0. The van der Waals surface area contributed by atoms with E-state index >= 15 is 0 Å². The molecule has 3 aromatic carbocycles. The molecule has 1 aliphatic carbocycles. The van der Waals surface area contributed by atoms with Crippen molar-refractivity contribution < 1.29 is 49.0 Å². The van der Waals surface area contributed by atoms with Gasteiger partial charge in [0.1, 0.15) is 0 Å². The van der Waals surface area contributed by atoms with E-state index in [0.29, 0.717) is 0 Å². The molecule has 0 spiro atoms. The fourth-order valence-corrected chi connectivity index (χ4v) is 2.99. The summed E-state index contributed by atoms with van der Waals surface area (Å²) in [4.78, 5) is 0. The summed E-state index contributed by atoms with van der Waals surface area (Å²) in [5.41, 5.74) is 8.44. The zero-order valence-corrected chi connectivity index (χ0v) is 20.2. The topological polar surface area (TPSA) is 0 Å². The average Bonchev–Trinajstić information content (AvgIpc) is 3.27. The zero-order valence-electron chi connectivity index (χ0n) is 16.2. The molecule has 0 bridgehead atoms. The van der Waals surface area contributed by atoms with Crippen LogP contribution in [0.25, 0.3) is 11.1 Å². The van der Waals surface area contributed by atoms with Crippen molar-refractivity contribution in [3.8, 4) is 11.1 Å². The van der Waals surface area contributed by atoms with E-state index in [0.717, 1.165) is 6.42 Å². The number of hydrogen-bond donors (Lipinski definition) is 0. The number of aryl methyl sites for hydroxylation is 2. The van der Waals surface area contributed by atoms with Crippen LogP contribution in [0.15, 0.2) is 60.7 Å². The summed E-state index contributed by atoms with van der Waals surface area (Å²) in [5.74, 6) is 0. The van der Waals surface area contributed by atoms with Gasteiger partial charge in [0.2, 0.25) is 0 Å². The summed E-state index contributed by atoms with van der Waals surface area (Å²) in [6.45, 7) is 6.42. The standard InChI is InChI=1S/C13H9.C9H13.C2H4.2ClH.Zr/c1-3-7-12-10(5-1)9-11-6-2-4-8-13(11)12;1-3-8-5-6-9(4-2)7-8;1-2;;;/h1-5,7-8H,9H2;5-7H,3-4H2,1-2H3;1H,2H3;2*1H;/q2*-1;;;;+2/p-2. The van der Waals surface area contributed by atoms with Gasteiger partial charge in [0.15, 0.2) is 0 Å². The van der Waals surface area contributed by atoms with Crippen molar-refractivity contribution in [2.75, 3.05) is 0 Å². The van der Waals surface area contributed by atoms with E-state index in [9.17, 15) is 0 Å². The monoisotopic (exact) mass is 474 g/mol. The van der Waals surface area contributed by atoms with Crippen molar-refractivity contribution in [1.82, 2.24) is 0 Å². The molecule has 0 amide bonds. The Bertz CT molecular complexity index is 743. The van der Waals surface area contributed by atoms with Gasteiger partial charge in [-0.05, 0) is 6.42 Å². The van der Waals surface area contributed by atoms with E-state index in [-0.39, 0.29) is 24.8 Å². The molecule has 0 aliphatic heterocycles. The largest absolute Gasteiger partial charge is 1.00 e. The van der Waals surface area contributed by atoms with Crippen LogP contribution in [0, 0.1) is 6.07 Å². The molecule has 0 atom stereocenters. The Labute approximate surface area is 191 Å². The molecule has 4 rings (SSSR count). The number of fused-ring (bicyclic) bond motifs is 3. The fraction of sp³-hybridized carbons (Fsp3) is 0.250. The first-order chi connectivity index (χ1) is 12.2. The molecule has 142 valence electrons.